The zero-order chi connectivity index (χ0) is 20.5. The predicted octanol–water partition coefficient (Wildman–Crippen LogP) is 3.68. The number of fused-ring (bicyclic) bond motifs is 1. The van der Waals surface area contributed by atoms with Crippen molar-refractivity contribution < 1.29 is 9.59 Å². The summed E-state index contributed by atoms with van der Waals surface area (Å²) in [5.74, 6) is -0.997. The normalized spacial score (nSPS) is 11.0. The monoisotopic (exact) mass is 387 g/mol. The molecule has 1 amide bonds. The largest absolute Gasteiger partial charge is 0.310 e. The highest BCUT2D eigenvalue weighted by molar-refractivity contribution is 6.47. The molecule has 2 aromatic heterocycles. The van der Waals surface area contributed by atoms with E-state index in [1.165, 1.54) is 0 Å². The fourth-order valence-electron chi connectivity index (χ4n) is 3.55. The molecule has 0 spiro atoms. The van der Waals surface area contributed by atoms with E-state index in [1.807, 2.05) is 66.1 Å². The number of carbonyl (C=O) groups is 2. The van der Waals surface area contributed by atoms with Crippen molar-refractivity contribution in [3.8, 4) is 5.69 Å². The molecule has 7 heteroatoms. The molecule has 1 N–H and O–H groups in total. The molecule has 0 fully saturated rings. The Morgan fingerprint density at radius 1 is 1.00 bits per heavy atom. The van der Waals surface area contributed by atoms with Gasteiger partial charge in [0.1, 0.15) is 0 Å². The summed E-state index contributed by atoms with van der Waals surface area (Å²) in [7, 11) is 0. The Morgan fingerprint density at radius 2 is 1.69 bits per heavy atom. The minimum absolute atomic E-state index is 0.311. The summed E-state index contributed by atoms with van der Waals surface area (Å²) in [4.78, 5) is 30.2. The summed E-state index contributed by atoms with van der Waals surface area (Å²) in [6, 6.07) is 17.1. The predicted molar refractivity (Wildman–Crippen MR) is 111 cm³/mol. The molecule has 146 valence electrons. The van der Waals surface area contributed by atoms with Gasteiger partial charge in [-0.2, -0.15) is 5.10 Å². The van der Waals surface area contributed by atoms with Crippen molar-refractivity contribution in [2.75, 3.05) is 5.32 Å². The van der Waals surface area contributed by atoms with E-state index < -0.39 is 11.7 Å². The van der Waals surface area contributed by atoms with E-state index in [9.17, 15) is 9.59 Å². The Kier molecular flexibility index (Phi) is 4.72. The quantitative estimate of drug-likeness (QED) is 0.418. The Morgan fingerprint density at radius 3 is 2.41 bits per heavy atom. The minimum Gasteiger partial charge on any atom is -0.310 e. The van der Waals surface area contributed by atoms with E-state index in [0.29, 0.717) is 29.4 Å². The van der Waals surface area contributed by atoms with Crippen molar-refractivity contribution in [1.29, 1.82) is 0 Å². The number of Topliss-reactive ketones (excluding diaryl/α,β-unsaturated/α-hetero) is 1. The highest BCUT2D eigenvalue weighted by Gasteiger charge is 2.26. The number of aryl methyl sites for hydroxylation is 2. The van der Waals surface area contributed by atoms with Crippen LogP contribution in [-0.2, 0) is 11.3 Å². The van der Waals surface area contributed by atoms with Crippen LogP contribution in [-0.4, -0.2) is 31.0 Å². The third kappa shape index (κ3) is 3.20. The molecule has 0 aliphatic heterocycles. The second kappa shape index (κ2) is 7.35. The van der Waals surface area contributed by atoms with Gasteiger partial charge in [-0.3, -0.25) is 14.9 Å². The molecule has 0 saturated heterocycles. The lowest BCUT2D eigenvalue weighted by atomic mass is 10.1. The molecule has 29 heavy (non-hydrogen) atoms. The highest BCUT2D eigenvalue weighted by Crippen LogP contribution is 2.21. The van der Waals surface area contributed by atoms with Gasteiger partial charge in [0.2, 0.25) is 5.95 Å². The number of aromatic nitrogens is 4. The maximum Gasteiger partial charge on any atom is 0.299 e. The topological polar surface area (TPSA) is 81.8 Å². The van der Waals surface area contributed by atoms with Crippen molar-refractivity contribution in [2.24, 2.45) is 0 Å². The summed E-state index contributed by atoms with van der Waals surface area (Å²) in [6.07, 6.45) is 0. The van der Waals surface area contributed by atoms with Crippen LogP contribution < -0.4 is 5.32 Å². The van der Waals surface area contributed by atoms with Gasteiger partial charge in [0.25, 0.3) is 11.7 Å². The maximum atomic E-state index is 12.9. The Balaban J connectivity index is 1.66. The molecule has 0 aliphatic carbocycles. The highest BCUT2D eigenvalue weighted by atomic mass is 16.2. The molecule has 0 saturated carbocycles. The number of benzene rings is 2. The number of rotatable bonds is 5. The number of nitrogens with one attached hydrogen (secondary N) is 1. The first-order valence-electron chi connectivity index (χ1n) is 9.43. The van der Waals surface area contributed by atoms with Crippen LogP contribution in [0.5, 0.6) is 0 Å². The summed E-state index contributed by atoms with van der Waals surface area (Å²) in [6.45, 7) is 6.10. The SMILES string of the molecule is CCn1c(NC(=O)C(=O)c2c(C)nn(-c3ccccc3)c2C)nc2ccccc21. The number of hydrogen-bond acceptors (Lipinski definition) is 4. The lowest BCUT2D eigenvalue weighted by Gasteiger charge is -2.08. The number of ketones is 1. The minimum atomic E-state index is -0.728. The van der Waals surface area contributed by atoms with Crippen molar-refractivity contribution in [3.05, 3.63) is 71.5 Å². The smallest absolute Gasteiger partial charge is 0.299 e. The van der Waals surface area contributed by atoms with Gasteiger partial charge >= 0.3 is 0 Å². The molecule has 7 nitrogen and oxygen atoms in total. The Labute approximate surface area is 168 Å². The molecule has 4 aromatic rings. The maximum absolute atomic E-state index is 12.9. The number of nitrogens with zero attached hydrogens (tertiary/aromatic N) is 4. The van der Waals surface area contributed by atoms with E-state index in [4.69, 9.17) is 0 Å². The van der Waals surface area contributed by atoms with E-state index in [-0.39, 0.29) is 0 Å². The summed E-state index contributed by atoms with van der Waals surface area (Å²) < 4.78 is 3.55. The first-order chi connectivity index (χ1) is 14.0. The van der Waals surface area contributed by atoms with Crippen LogP contribution in [0.3, 0.4) is 0 Å². The van der Waals surface area contributed by atoms with Gasteiger partial charge in [0, 0.05) is 6.54 Å². The van der Waals surface area contributed by atoms with Gasteiger partial charge in [-0.25, -0.2) is 9.67 Å². The standard InChI is InChI=1S/C22H21N5O2/c1-4-26-18-13-9-8-12-17(18)23-22(26)24-21(29)20(28)19-14(2)25-27(15(19)3)16-10-6-5-7-11-16/h5-13H,4H2,1-3H3,(H,23,24,29). The molecule has 0 atom stereocenters. The van der Waals surface area contributed by atoms with Gasteiger partial charge in [0.05, 0.1) is 33.7 Å². The van der Waals surface area contributed by atoms with E-state index in [2.05, 4.69) is 15.4 Å². The average molecular weight is 387 g/mol. The lowest BCUT2D eigenvalue weighted by Crippen LogP contribution is -2.25. The first-order valence-corrected chi connectivity index (χ1v) is 9.43. The fraction of sp³-hybridized carbons (Fsp3) is 0.182. The second-order valence-electron chi connectivity index (χ2n) is 6.74. The zero-order valence-corrected chi connectivity index (χ0v) is 16.5. The van der Waals surface area contributed by atoms with Crippen LogP contribution in [0.15, 0.2) is 54.6 Å². The van der Waals surface area contributed by atoms with Gasteiger partial charge in [0.15, 0.2) is 0 Å². The van der Waals surface area contributed by atoms with Crippen molar-refractivity contribution in [2.45, 2.75) is 27.3 Å². The number of amides is 1. The van der Waals surface area contributed by atoms with E-state index >= 15 is 0 Å². The summed E-state index contributed by atoms with van der Waals surface area (Å²) in [5, 5.41) is 7.13. The molecule has 0 radical (unpaired) electrons. The summed E-state index contributed by atoms with van der Waals surface area (Å²) in [5.41, 5.74) is 3.95. The van der Waals surface area contributed by atoms with Crippen LogP contribution >= 0.6 is 0 Å². The van der Waals surface area contributed by atoms with Gasteiger partial charge in [-0.15, -0.1) is 0 Å². The van der Waals surface area contributed by atoms with E-state index in [1.54, 1.807) is 18.5 Å². The van der Waals surface area contributed by atoms with Gasteiger partial charge < -0.3 is 4.57 Å². The van der Waals surface area contributed by atoms with Crippen LogP contribution in [0.1, 0.15) is 28.7 Å². The molecule has 0 bridgehead atoms. The van der Waals surface area contributed by atoms with Crippen LogP contribution in [0.2, 0.25) is 0 Å². The van der Waals surface area contributed by atoms with E-state index in [0.717, 1.165) is 16.7 Å². The third-order valence-corrected chi connectivity index (χ3v) is 4.92. The zero-order valence-electron chi connectivity index (χ0n) is 16.5. The van der Waals surface area contributed by atoms with Crippen LogP contribution in [0.4, 0.5) is 5.95 Å². The third-order valence-electron chi connectivity index (χ3n) is 4.92. The van der Waals surface area contributed by atoms with Crippen molar-refractivity contribution >= 4 is 28.7 Å². The molecule has 2 heterocycles. The summed E-state index contributed by atoms with van der Waals surface area (Å²) >= 11 is 0. The molecular formula is C22H21N5O2. The lowest BCUT2D eigenvalue weighted by molar-refractivity contribution is -0.112. The number of anilines is 1. The Hall–Kier alpha value is -3.74. The second-order valence-corrected chi connectivity index (χ2v) is 6.74. The molecule has 0 aliphatic rings. The van der Waals surface area contributed by atoms with Gasteiger partial charge in [-0.1, -0.05) is 30.3 Å². The number of hydrogen-bond donors (Lipinski definition) is 1. The number of carbonyl (C=O) groups excluding carboxylic acids is 2. The number of para-hydroxylation sites is 3. The van der Waals surface area contributed by atoms with Crippen LogP contribution in [0.25, 0.3) is 16.7 Å². The van der Waals surface area contributed by atoms with Crippen molar-refractivity contribution in [3.63, 3.8) is 0 Å². The average Bonchev–Trinajstić information content (AvgIpc) is 3.23. The molecule has 4 rings (SSSR count). The molecule has 2 aromatic carbocycles. The fourth-order valence-corrected chi connectivity index (χ4v) is 3.55. The van der Waals surface area contributed by atoms with Gasteiger partial charge in [-0.05, 0) is 45.0 Å². The number of imidazole rings is 1. The van der Waals surface area contributed by atoms with Crippen LogP contribution in [0, 0.1) is 13.8 Å². The first kappa shape index (κ1) is 18.6. The van der Waals surface area contributed by atoms with Crippen molar-refractivity contribution in [1.82, 2.24) is 19.3 Å². The Bertz CT molecular complexity index is 1220. The molecular weight excluding hydrogens is 366 g/mol. The molecule has 0 unspecified atom stereocenters.